The van der Waals surface area contributed by atoms with Gasteiger partial charge in [0.05, 0.1) is 5.69 Å². The summed E-state index contributed by atoms with van der Waals surface area (Å²) < 4.78 is 46.6. The molecule has 1 unspecified atom stereocenters. The van der Waals surface area contributed by atoms with Crippen molar-refractivity contribution in [1.29, 1.82) is 0 Å². The molecule has 15 heteroatoms. The van der Waals surface area contributed by atoms with Gasteiger partial charge in [-0.15, -0.1) is 0 Å². The van der Waals surface area contributed by atoms with Crippen LogP contribution in [0.2, 0.25) is 0 Å². The fourth-order valence-corrected chi connectivity index (χ4v) is 5.96. The first kappa shape index (κ1) is 35.9. The summed E-state index contributed by atoms with van der Waals surface area (Å²) in [4.78, 5) is 51.2. The van der Waals surface area contributed by atoms with E-state index < -0.39 is 39.6 Å². The molecular weight excluding hydrogens is 665 g/mol. The smallest absolute Gasteiger partial charge is 0.331 e. The zero-order valence-corrected chi connectivity index (χ0v) is 29.2. The Bertz CT molecular complexity index is 2000. The highest BCUT2D eigenvalue weighted by Gasteiger charge is 2.44. The Hall–Kier alpha value is -5.41. The van der Waals surface area contributed by atoms with Crippen LogP contribution in [0.1, 0.15) is 39.2 Å². The number of nitrogens with zero attached hydrogens (tertiary/aromatic N) is 5. The SMILES string of the molecule is CC(C)c1ccc(N2C(=O)C(C(=O)Nc3ccc(Oc4ccnc(Nc5ccc(S(=O)(=O)N(C)C)cn5)c4)c(F)c3)CN(C(C)C)C2=O)cc1. The molecule has 50 heavy (non-hydrogen) atoms. The summed E-state index contributed by atoms with van der Waals surface area (Å²) in [5.41, 5.74) is 1.49. The van der Waals surface area contributed by atoms with Crippen LogP contribution >= 0.6 is 0 Å². The molecule has 0 spiro atoms. The Kier molecular flexibility index (Phi) is 10.5. The number of halogens is 1. The minimum atomic E-state index is -3.64. The number of amides is 4. The van der Waals surface area contributed by atoms with Crippen LogP contribution in [0.25, 0.3) is 0 Å². The van der Waals surface area contributed by atoms with Crippen LogP contribution in [0, 0.1) is 11.7 Å². The van der Waals surface area contributed by atoms with Crippen LogP contribution < -0.4 is 20.3 Å². The highest BCUT2D eigenvalue weighted by Crippen LogP contribution is 2.31. The van der Waals surface area contributed by atoms with Crippen molar-refractivity contribution in [2.45, 2.75) is 44.6 Å². The lowest BCUT2D eigenvalue weighted by Gasteiger charge is -2.40. The zero-order valence-electron chi connectivity index (χ0n) is 28.4. The number of hydrogen-bond acceptors (Lipinski definition) is 9. The van der Waals surface area contributed by atoms with Crippen molar-refractivity contribution in [3.8, 4) is 11.5 Å². The molecule has 2 aromatic carbocycles. The second-order valence-electron chi connectivity index (χ2n) is 12.4. The molecule has 0 saturated carbocycles. The van der Waals surface area contributed by atoms with E-state index in [1.165, 1.54) is 67.8 Å². The highest BCUT2D eigenvalue weighted by molar-refractivity contribution is 7.89. The molecule has 0 aliphatic carbocycles. The van der Waals surface area contributed by atoms with Gasteiger partial charge in [-0.25, -0.2) is 36.8 Å². The van der Waals surface area contributed by atoms with Gasteiger partial charge in [-0.3, -0.25) is 9.59 Å². The first-order chi connectivity index (χ1) is 23.6. The summed E-state index contributed by atoms with van der Waals surface area (Å²) in [6, 6.07) is 16.0. The number of ether oxygens (including phenoxy) is 1. The van der Waals surface area contributed by atoms with Gasteiger partial charge in [-0.2, -0.15) is 0 Å². The third-order valence-electron chi connectivity index (χ3n) is 8.02. The number of nitrogens with one attached hydrogen (secondary N) is 2. The minimum Gasteiger partial charge on any atom is -0.454 e. The topological polar surface area (TPSA) is 154 Å². The Labute approximate surface area is 290 Å². The first-order valence-corrected chi connectivity index (χ1v) is 17.2. The summed E-state index contributed by atoms with van der Waals surface area (Å²) >= 11 is 0. The van der Waals surface area contributed by atoms with Crippen LogP contribution in [0.4, 0.5) is 32.2 Å². The quantitative estimate of drug-likeness (QED) is 0.180. The van der Waals surface area contributed by atoms with E-state index in [0.717, 1.165) is 20.8 Å². The fourth-order valence-electron chi connectivity index (χ4n) is 5.11. The van der Waals surface area contributed by atoms with Crippen molar-refractivity contribution in [3.05, 3.63) is 90.5 Å². The molecule has 4 aromatic rings. The first-order valence-electron chi connectivity index (χ1n) is 15.8. The Balaban J connectivity index is 1.27. The van der Waals surface area contributed by atoms with E-state index in [-0.39, 0.29) is 40.6 Å². The van der Waals surface area contributed by atoms with Crippen LogP contribution in [-0.2, 0) is 19.6 Å². The number of imide groups is 1. The predicted octanol–water partition coefficient (Wildman–Crippen LogP) is 5.96. The number of rotatable bonds is 11. The lowest BCUT2D eigenvalue weighted by Crippen LogP contribution is -2.61. The van der Waals surface area contributed by atoms with Gasteiger partial charge in [-0.05, 0) is 67.8 Å². The van der Waals surface area contributed by atoms with E-state index in [2.05, 4.69) is 20.6 Å². The lowest BCUT2D eigenvalue weighted by atomic mass is 10.00. The van der Waals surface area contributed by atoms with Gasteiger partial charge in [0.25, 0.3) is 0 Å². The van der Waals surface area contributed by atoms with Gasteiger partial charge >= 0.3 is 6.03 Å². The van der Waals surface area contributed by atoms with Crippen LogP contribution in [-0.4, -0.2) is 72.1 Å². The average Bonchev–Trinajstić information content (AvgIpc) is 3.06. The van der Waals surface area contributed by atoms with Crippen LogP contribution in [0.15, 0.2) is 84.0 Å². The Morgan fingerprint density at radius 3 is 2.28 bits per heavy atom. The normalized spacial score (nSPS) is 15.2. The molecule has 1 saturated heterocycles. The molecule has 1 atom stereocenters. The van der Waals surface area contributed by atoms with Crippen LogP contribution in [0.3, 0.4) is 0 Å². The van der Waals surface area contributed by atoms with E-state index in [4.69, 9.17) is 4.74 Å². The third kappa shape index (κ3) is 7.74. The summed E-state index contributed by atoms with van der Waals surface area (Å²) in [6.07, 6.45) is 2.66. The third-order valence-corrected chi connectivity index (χ3v) is 9.82. The van der Waals surface area contributed by atoms with E-state index >= 15 is 4.39 Å². The van der Waals surface area contributed by atoms with E-state index in [1.54, 1.807) is 26.0 Å². The molecule has 2 N–H and O–H groups in total. The zero-order chi connectivity index (χ0) is 36.3. The standard InChI is InChI=1S/C35H38FN7O6S/c1-21(2)23-7-10-25(11-8-23)43-34(45)28(20-42(22(3)4)35(43)46)33(44)39-24-9-13-30(29(36)17-24)49-26-15-16-37-32(18-26)40-31-14-12-27(19-38-31)50(47,48)41(5)6/h7-19,21-22,28H,20H2,1-6H3,(H,39,44)(H,37,38,40). The molecule has 13 nitrogen and oxygen atoms in total. The van der Waals surface area contributed by atoms with Gasteiger partial charge in [0.1, 0.15) is 28.2 Å². The Morgan fingerprint density at radius 2 is 1.68 bits per heavy atom. The Morgan fingerprint density at radius 1 is 0.960 bits per heavy atom. The van der Waals surface area contributed by atoms with Crippen molar-refractivity contribution in [3.63, 3.8) is 0 Å². The molecule has 5 rings (SSSR count). The van der Waals surface area contributed by atoms with Gasteiger partial charge < -0.3 is 20.3 Å². The van der Waals surface area contributed by atoms with Gasteiger partial charge in [0.15, 0.2) is 11.6 Å². The van der Waals surface area contributed by atoms with Crippen molar-refractivity contribution in [2.24, 2.45) is 5.92 Å². The summed E-state index contributed by atoms with van der Waals surface area (Å²) in [7, 11) is -0.786. The number of hydrogen-bond donors (Lipinski definition) is 2. The number of pyridine rings is 2. The maximum Gasteiger partial charge on any atom is 0.331 e. The van der Waals surface area contributed by atoms with Gasteiger partial charge in [0, 0.05) is 56.9 Å². The second-order valence-corrected chi connectivity index (χ2v) is 14.6. The molecule has 262 valence electrons. The summed E-state index contributed by atoms with van der Waals surface area (Å²) in [5, 5.41) is 5.56. The number of benzene rings is 2. The molecule has 4 amide bonds. The summed E-state index contributed by atoms with van der Waals surface area (Å²) in [6.45, 7) is 7.54. The van der Waals surface area contributed by atoms with E-state index in [1.807, 2.05) is 26.0 Å². The largest absolute Gasteiger partial charge is 0.454 e. The van der Waals surface area contributed by atoms with Crippen molar-refractivity contribution in [1.82, 2.24) is 19.2 Å². The molecule has 0 bridgehead atoms. The van der Waals surface area contributed by atoms with Crippen LogP contribution in [0.5, 0.6) is 11.5 Å². The van der Waals surface area contributed by atoms with Crippen molar-refractivity contribution < 1.29 is 31.9 Å². The number of urea groups is 1. The molecule has 1 aliphatic rings. The van der Waals surface area contributed by atoms with Crippen molar-refractivity contribution >= 4 is 50.9 Å². The highest BCUT2D eigenvalue weighted by atomic mass is 32.2. The maximum absolute atomic E-state index is 15.2. The number of aromatic nitrogens is 2. The maximum atomic E-state index is 15.2. The molecule has 1 fully saturated rings. The van der Waals surface area contributed by atoms with E-state index in [9.17, 15) is 22.8 Å². The van der Waals surface area contributed by atoms with E-state index in [0.29, 0.717) is 17.3 Å². The predicted molar refractivity (Wildman–Crippen MR) is 186 cm³/mol. The molecule has 2 aromatic heterocycles. The molecular formula is C35H38FN7O6S. The number of carbonyl (C=O) groups is 3. The lowest BCUT2D eigenvalue weighted by molar-refractivity contribution is -0.132. The number of carbonyl (C=O) groups excluding carboxylic acids is 3. The fraction of sp³-hybridized carbons (Fsp3) is 0.286. The minimum absolute atomic E-state index is 0.0282. The monoisotopic (exact) mass is 703 g/mol. The average molecular weight is 704 g/mol. The van der Waals surface area contributed by atoms with Gasteiger partial charge in [0.2, 0.25) is 21.8 Å². The molecule has 3 heterocycles. The van der Waals surface area contributed by atoms with Gasteiger partial charge in [-0.1, -0.05) is 26.0 Å². The summed E-state index contributed by atoms with van der Waals surface area (Å²) in [5.74, 6) is -2.40. The molecule has 1 aliphatic heterocycles. The van der Waals surface area contributed by atoms with Crippen molar-refractivity contribution in [2.75, 3.05) is 36.2 Å². The molecule has 0 radical (unpaired) electrons. The number of sulfonamides is 1. The second kappa shape index (κ2) is 14.6. The number of anilines is 4.